The van der Waals surface area contributed by atoms with Crippen LogP contribution in [0.25, 0.3) is 10.9 Å². The molecule has 0 aliphatic carbocycles. The van der Waals surface area contributed by atoms with Crippen molar-refractivity contribution in [2.75, 3.05) is 25.0 Å². The minimum atomic E-state index is 0.0324. The number of rotatable bonds is 6. The molecule has 0 saturated carbocycles. The Balaban J connectivity index is 1.32. The van der Waals surface area contributed by atoms with Crippen LogP contribution in [0.5, 0.6) is 5.75 Å². The number of benzene rings is 2. The molecule has 0 amide bonds. The molecule has 1 aromatic heterocycles. The van der Waals surface area contributed by atoms with Crippen molar-refractivity contribution in [2.24, 2.45) is 0 Å². The number of hydrogen-bond acceptors (Lipinski definition) is 4. The second-order valence-electron chi connectivity index (χ2n) is 6.82. The maximum atomic E-state index is 12.2. The summed E-state index contributed by atoms with van der Waals surface area (Å²) in [4.78, 5) is 15.4. The topological polar surface area (TPSA) is 66.2 Å². The maximum Gasteiger partial charge on any atom is 0.191 e. The summed E-state index contributed by atoms with van der Waals surface area (Å²) >= 11 is 7.14. The van der Waals surface area contributed by atoms with E-state index in [1.807, 2.05) is 30.3 Å². The molecule has 0 fully saturated rings. The molecule has 146 valence electrons. The summed E-state index contributed by atoms with van der Waals surface area (Å²) in [5.74, 6) is 1.69. The monoisotopic (exact) mass is 505 g/mol. The van der Waals surface area contributed by atoms with Crippen molar-refractivity contribution in [2.45, 2.75) is 18.9 Å². The van der Waals surface area contributed by atoms with Crippen LogP contribution in [0.2, 0.25) is 0 Å². The lowest BCUT2D eigenvalue weighted by Crippen LogP contribution is -2.29. The predicted molar refractivity (Wildman–Crippen MR) is 120 cm³/mol. The highest BCUT2D eigenvalue weighted by molar-refractivity contribution is 9.11. The minimum absolute atomic E-state index is 0.0324. The Hall–Kier alpha value is -1.83. The van der Waals surface area contributed by atoms with Crippen LogP contribution in [-0.2, 0) is 0 Å². The zero-order chi connectivity index (χ0) is 19.5. The molecule has 1 aliphatic rings. The highest BCUT2D eigenvalue weighted by atomic mass is 79.9. The predicted octanol–water partition coefficient (Wildman–Crippen LogP) is 4.97. The third kappa shape index (κ3) is 4.26. The lowest BCUT2D eigenvalue weighted by molar-refractivity contribution is 0.251. The Morgan fingerprint density at radius 3 is 2.89 bits per heavy atom. The van der Waals surface area contributed by atoms with E-state index >= 15 is 0 Å². The fraction of sp³-hybridized carbons (Fsp3) is 0.286. The fourth-order valence-electron chi connectivity index (χ4n) is 3.52. The molecule has 3 N–H and O–H groups in total. The summed E-state index contributed by atoms with van der Waals surface area (Å²) in [7, 11) is 0. The van der Waals surface area contributed by atoms with Crippen LogP contribution < -0.4 is 20.8 Å². The molecular formula is C21H21Br2N3O2. The molecule has 1 atom stereocenters. The summed E-state index contributed by atoms with van der Waals surface area (Å²) in [6.07, 6.45) is 1.89. The van der Waals surface area contributed by atoms with Gasteiger partial charge < -0.3 is 20.4 Å². The zero-order valence-corrected chi connectivity index (χ0v) is 18.4. The average molecular weight is 507 g/mol. The number of nitrogens with one attached hydrogen (secondary N) is 3. The van der Waals surface area contributed by atoms with Gasteiger partial charge in [-0.1, -0.05) is 28.1 Å². The second kappa shape index (κ2) is 8.68. The van der Waals surface area contributed by atoms with E-state index < -0.39 is 0 Å². The lowest BCUT2D eigenvalue weighted by atomic mass is 10.0. The Morgan fingerprint density at radius 1 is 1.14 bits per heavy atom. The van der Waals surface area contributed by atoms with Crippen molar-refractivity contribution in [3.8, 4) is 5.75 Å². The van der Waals surface area contributed by atoms with E-state index in [1.54, 1.807) is 6.07 Å². The maximum absolute atomic E-state index is 12.2. The first-order valence-corrected chi connectivity index (χ1v) is 10.9. The summed E-state index contributed by atoms with van der Waals surface area (Å²) in [5.41, 5.74) is 2.06. The first kappa shape index (κ1) is 19.5. The molecule has 7 heteroatoms. The molecular weight excluding hydrogens is 486 g/mol. The molecule has 2 aromatic carbocycles. The summed E-state index contributed by atoms with van der Waals surface area (Å²) < 4.78 is 7.83. The normalized spacial score (nSPS) is 15.9. The van der Waals surface area contributed by atoms with Gasteiger partial charge in [0, 0.05) is 40.5 Å². The second-order valence-corrected chi connectivity index (χ2v) is 8.59. The van der Waals surface area contributed by atoms with E-state index in [4.69, 9.17) is 4.74 Å². The number of para-hydroxylation sites is 1. The SMILES string of the molecule is O=c1cc(NCCCN[C@H]2CCOc3c(Br)cc(Br)cc32)[nH]c2ccccc12. The van der Waals surface area contributed by atoms with Gasteiger partial charge in [0.1, 0.15) is 11.6 Å². The summed E-state index contributed by atoms with van der Waals surface area (Å²) in [5, 5.41) is 7.66. The van der Waals surface area contributed by atoms with Crippen LogP contribution >= 0.6 is 31.9 Å². The van der Waals surface area contributed by atoms with Crippen molar-refractivity contribution < 1.29 is 4.74 Å². The molecule has 5 nitrogen and oxygen atoms in total. The number of halogens is 2. The smallest absolute Gasteiger partial charge is 0.191 e. The molecule has 2 heterocycles. The van der Waals surface area contributed by atoms with Gasteiger partial charge >= 0.3 is 0 Å². The lowest BCUT2D eigenvalue weighted by Gasteiger charge is -2.28. The van der Waals surface area contributed by atoms with Crippen LogP contribution in [0.15, 0.2) is 56.2 Å². The summed E-state index contributed by atoms with van der Waals surface area (Å²) in [6, 6.07) is 13.6. The van der Waals surface area contributed by atoms with Crippen molar-refractivity contribution in [1.29, 1.82) is 0 Å². The third-order valence-electron chi connectivity index (χ3n) is 4.86. The number of anilines is 1. The number of hydrogen-bond donors (Lipinski definition) is 3. The van der Waals surface area contributed by atoms with Crippen molar-refractivity contribution in [3.05, 3.63) is 67.2 Å². The largest absolute Gasteiger partial charge is 0.492 e. The van der Waals surface area contributed by atoms with E-state index in [0.29, 0.717) is 12.0 Å². The highest BCUT2D eigenvalue weighted by Crippen LogP contribution is 2.40. The number of pyridine rings is 1. The van der Waals surface area contributed by atoms with Gasteiger partial charge in [0.15, 0.2) is 5.43 Å². The Morgan fingerprint density at radius 2 is 2.00 bits per heavy atom. The van der Waals surface area contributed by atoms with E-state index in [0.717, 1.165) is 52.0 Å². The number of aromatic amines is 1. The molecule has 3 aromatic rings. The molecule has 0 bridgehead atoms. The van der Waals surface area contributed by atoms with E-state index in [9.17, 15) is 4.79 Å². The van der Waals surface area contributed by atoms with Crippen molar-refractivity contribution >= 4 is 48.6 Å². The highest BCUT2D eigenvalue weighted by Gasteiger charge is 2.23. The van der Waals surface area contributed by atoms with Crippen LogP contribution in [0, 0.1) is 0 Å². The molecule has 0 unspecified atom stereocenters. The van der Waals surface area contributed by atoms with Gasteiger partial charge in [-0.3, -0.25) is 4.79 Å². The van der Waals surface area contributed by atoms with Crippen molar-refractivity contribution in [1.82, 2.24) is 10.3 Å². The number of aromatic nitrogens is 1. The number of ether oxygens (including phenoxy) is 1. The van der Waals surface area contributed by atoms with Crippen LogP contribution in [0.1, 0.15) is 24.4 Å². The fourth-order valence-corrected chi connectivity index (χ4v) is 4.89. The van der Waals surface area contributed by atoms with Crippen LogP contribution in [0.3, 0.4) is 0 Å². The Bertz CT molecular complexity index is 1050. The molecule has 0 radical (unpaired) electrons. The van der Waals surface area contributed by atoms with Crippen LogP contribution in [-0.4, -0.2) is 24.7 Å². The molecule has 0 spiro atoms. The van der Waals surface area contributed by atoms with Crippen LogP contribution in [0.4, 0.5) is 5.82 Å². The van der Waals surface area contributed by atoms with E-state index in [2.05, 4.69) is 53.5 Å². The number of H-pyrrole nitrogens is 1. The Labute approximate surface area is 180 Å². The van der Waals surface area contributed by atoms with E-state index in [-0.39, 0.29) is 11.5 Å². The van der Waals surface area contributed by atoms with Gasteiger partial charge in [-0.15, -0.1) is 0 Å². The average Bonchev–Trinajstić information content (AvgIpc) is 2.68. The molecule has 28 heavy (non-hydrogen) atoms. The van der Waals surface area contributed by atoms with Gasteiger partial charge in [-0.05, 0) is 53.2 Å². The van der Waals surface area contributed by atoms with E-state index in [1.165, 1.54) is 5.56 Å². The molecule has 1 aliphatic heterocycles. The Kier molecular flexibility index (Phi) is 6.04. The first-order chi connectivity index (χ1) is 13.6. The standard InChI is InChI=1S/C21H21Br2N3O2/c22-13-10-15-17(6-9-28-21(15)16(23)11-13)24-7-3-8-25-20-12-19(27)14-4-1-2-5-18(14)26-20/h1-2,4-5,10-12,17,24H,3,6-9H2,(H2,25,26,27)/t17-/m0/s1. The minimum Gasteiger partial charge on any atom is -0.492 e. The van der Waals surface area contributed by atoms with Gasteiger partial charge in [0.25, 0.3) is 0 Å². The first-order valence-electron chi connectivity index (χ1n) is 9.33. The van der Waals surface area contributed by atoms with Gasteiger partial charge in [0.05, 0.1) is 16.6 Å². The van der Waals surface area contributed by atoms with Gasteiger partial charge in [0.2, 0.25) is 0 Å². The molecule has 0 saturated heterocycles. The molecule has 4 rings (SSSR count). The summed E-state index contributed by atoms with van der Waals surface area (Å²) in [6.45, 7) is 2.36. The third-order valence-corrected chi connectivity index (χ3v) is 5.91. The van der Waals surface area contributed by atoms with Crippen molar-refractivity contribution in [3.63, 3.8) is 0 Å². The van der Waals surface area contributed by atoms with Gasteiger partial charge in [-0.25, -0.2) is 0 Å². The quantitative estimate of drug-likeness (QED) is 0.413. The zero-order valence-electron chi connectivity index (χ0n) is 15.2. The van der Waals surface area contributed by atoms with Gasteiger partial charge in [-0.2, -0.15) is 0 Å². The number of fused-ring (bicyclic) bond motifs is 2.